The fraction of sp³-hybridized carbons (Fsp3) is 0.0667. The third kappa shape index (κ3) is 3.05. The zero-order valence-electron chi connectivity index (χ0n) is 11.2. The van der Waals surface area contributed by atoms with Crippen LogP contribution >= 0.6 is 11.6 Å². The van der Waals surface area contributed by atoms with E-state index in [9.17, 15) is 17.6 Å². The highest BCUT2D eigenvalue weighted by Gasteiger charge is 2.35. The molecule has 0 aliphatic rings. The lowest BCUT2D eigenvalue weighted by Crippen LogP contribution is -2.08. The van der Waals surface area contributed by atoms with Gasteiger partial charge < -0.3 is 4.74 Å². The number of benzene rings is 1. The van der Waals surface area contributed by atoms with Crippen molar-refractivity contribution < 1.29 is 22.3 Å². The van der Waals surface area contributed by atoms with Crippen LogP contribution in [0.2, 0.25) is 5.15 Å². The minimum absolute atomic E-state index is 0.0428. The van der Waals surface area contributed by atoms with Crippen LogP contribution in [0.25, 0.3) is 10.8 Å². The molecule has 2 heterocycles. The van der Waals surface area contributed by atoms with E-state index in [1.807, 2.05) is 0 Å². The van der Waals surface area contributed by atoms with E-state index in [1.54, 1.807) is 12.1 Å². The first-order chi connectivity index (χ1) is 10.9. The fourth-order valence-corrected chi connectivity index (χ4v) is 2.29. The van der Waals surface area contributed by atoms with Crippen LogP contribution in [-0.4, -0.2) is 9.97 Å². The molecule has 0 amide bonds. The van der Waals surface area contributed by atoms with Crippen molar-refractivity contribution in [3.8, 4) is 11.6 Å². The van der Waals surface area contributed by atoms with Crippen LogP contribution in [0.3, 0.4) is 0 Å². The van der Waals surface area contributed by atoms with Crippen LogP contribution in [-0.2, 0) is 6.18 Å². The normalized spacial score (nSPS) is 11.7. The van der Waals surface area contributed by atoms with Crippen molar-refractivity contribution in [1.29, 1.82) is 0 Å². The van der Waals surface area contributed by atoms with Gasteiger partial charge in [0.25, 0.3) is 0 Å². The molecule has 0 fully saturated rings. The Kier molecular flexibility index (Phi) is 3.81. The van der Waals surface area contributed by atoms with Gasteiger partial charge in [0.2, 0.25) is 5.88 Å². The highest BCUT2D eigenvalue weighted by atomic mass is 35.5. The molecule has 0 saturated carbocycles. The standard InChI is InChI=1S/C15H7ClF4N2O/c16-13-12-8(3-5-21-13)4-6-22-14(12)23-11-2-1-9(17)7-10(11)15(18,19)20/h1-7H. The van der Waals surface area contributed by atoms with E-state index in [4.69, 9.17) is 16.3 Å². The number of halogens is 5. The fourth-order valence-electron chi connectivity index (χ4n) is 2.04. The van der Waals surface area contributed by atoms with Gasteiger partial charge >= 0.3 is 6.18 Å². The molecule has 0 aliphatic carbocycles. The van der Waals surface area contributed by atoms with Crippen molar-refractivity contribution in [2.45, 2.75) is 6.18 Å². The lowest BCUT2D eigenvalue weighted by molar-refractivity contribution is -0.138. The second kappa shape index (κ2) is 5.66. The third-order valence-corrected chi connectivity index (χ3v) is 3.34. The van der Waals surface area contributed by atoms with Crippen LogP contribution in [0.15, 0.2) is 42.7 Å². The third-order valence-electron chi connectivity index (χ3n) is 3.05. The number of hydrogen-bond acceptors (Lipinski definition) is 3. The van der Waals surface area contributed by atoms with Crippen molar-refractivity contribution in [2.75, 3.05) is 0 Å². The molecule has 0 aliphatic heterocycles. The van der Waals surface area contributed by atoms with Crippen LogP contribution in [0.5, 0.6) is 11.6 Å². The van der Waals surface area contributed by atoms with Crippen LogP contribution < -0.4 is 4.74 Å². The van der Waals surface area contributed by atoms with E-state index in [2.05, 4.69) is 9.97 Å². The van der Waals surface area contributed by atoms with E-state index in [-0.39, 0.29) is 16.4 Å². The van der Waals surface area contributed by atoms with Crippen LogP contribution in [0.1, 0.15) is 5.56 Å². The minimum Gasteiger partial charge on any atom is -0.438 e. The molecule has 3 nitrogen and oxygen atoms in total. The quantitative estimate of drug-likeness (QED) is 0.472. The van der Waals surface area contributed by atoms with E-state index in [0.717, 1.165) is 12.1 Å². The van der Waals surface area contributed by atoms with Crippen LogP contribution in [0.4, 0.5) is 17.6 Å². The maximum absolute atomic E-state index is 13.1. The molecular weight excluding hydrogens is 336 g/mol. The first-order valence-corrected chi connectivity index (χ1v) is 6.68. The largest absolute Gasteiger partial charge is 0.438 e. The molecule has 8 heteroatoms. The SMILES string of the molecule is Fc1ccc(Oc2nccc3ccnc(Cl)c23)c(C(F)(F)F)c1. The molecule has 3 aromatic rings. The van der Waals surface area contributed by atoms with Gasteiger partial charge in [-0.15, -0.1) is 0 Å². The first-order valence-electron chi connectivity index (χ1n) is 6.30. The highest BCUT2D eigenvalue weighted by molar-refractivity contribution is 6.34. The molecule has 0 saturated heterocycles. The van der Waals surface area contributed by atoms with E-state index < -0.39 is 23.3 Å². The lowest BCUT2D eigenvalue weighted by atomic mass is 10.2. The summed E-state index contributed by atoms with van der Waals surface area (Å²) in [4.78, 5) is 7.76. The zero-order valence-corrected chi connectivity index (χ0v) is 12.0. The van der Waals surface area contributed by atoms with Crippen molar-refractivity contribution in [3.63, 3.8) is 0 Å². The Morgan fingerprint density at radius 1 is 1.00 bits per heavy atom. The summed E-state index contributed by atoms with van der Waals surface area (Å²) < 4.78 is 57.5. The van der Waals surface area contributed by atoms with Gasteiger partial charge in [-0.05, 0) is 35.7 Å². The summed E-state index contributed by atoms with van der Waals surface area (Å²) in [6.07, 6.45) is -1.96. The molecule has 3 rings (SSSR count). The van der Waals surface area contributed by atoms with E-state index >= 15 is 0 Å². The molecule has 0 bridgehead atoms. The minimum atomic E-state index is -4.77. The van der Waals surface area contributed by atoms with Crippen molar-refractivity contribution in [2.24, 2.45) is 0 Å². The molecule has 0 unspecified atom stereocenters. The Balaban J connectivity index is 2.14. The summed E-state index contributed by atoms with van der Waals surface area (Å²) >= 11 is 5.97. The molecule has 0 radical (unpaired) electrons. The maximum atomic E-state index is 13.1. The first kappa shape index (κ1) is 15.5. The number of aromatic nitrogens is 2. The number of rotatable bonds is 2. The van der Waals surface area contributed by atoms with Gasteiger partial charge in [0.1, 0.15) is 22.3 Å². The molecule has 23 heavy (non-hydrogen) atoms. The van der Waals surface area contributed by atoms with Gasteiger partial charge in [0.05, 0.1) is 5.39 Å². The molecular formula is C15H7ClF4N2O. The lowest BCUT2D eigenvalue weighted by Gasteiger charge is -2.14. The van der Waals surface area contributed by atoms with E-state index in [0.29, 0.717) is 11.5 Å². The van der Waals surface area contributed by atoms with Crippen molar-refractivity contribution >= 4 is 22.4 Å². The summed E-state index contributed by atoms with van der Waals surface area (Å²) in [5, 5.41) is 0.918. The number of pyridine rings is 2. The van der Waals surface area contributed by atoms with Crippen molar-refractivity contribution in [1.82, 2.24) is 9.97 Å². The maximum Gasteiger partial charge on any atom is 0.420 e. The summed E-state index contributed by atoms with van der Waals surface area (Å²) in [5.41, 5.74) is -1.24. The van der Waals surface area contributed by atoms with Crippen LogP contribution in [0, 0.1) is 5.82 Å². The molecule has 0 spiro atoms. The molecule has 1 aromatic carbocycles. The smallest absolute Gasteiger partial charge is 0.420 e. The van der Waals surface area contributed by atoms with Gasteiger partial charge in [-0.25, -0.2) is 14.4 Å². The monoisotopic (exact) mass is 342 g/mol. The average Bonchev–Trinajstić information content (AvgIpc) is 2.48. The Labute approximate surface area is 132 Å². The second-order valence-electron chi connectivity index (χ2n) is 4.56. The summed E-state index contributed by atoms with van der Waals surface area (Å²) in [5.74, 6) is -1.73. The Hall–Kier alpha value is -2.41. The molecule has 0 N–H and O–H groups in total. The van der Waals surface area contributed by atoms with E-state index in [1.165, 1.54) is 12.4 Å². The molecule has 0 atom stereocenters. The van der Waals surface area contributed by atoms with Gasteiger partial charge in [0.15, 0.2) is 0 Å². The number of fused-ring (bicyclic) bond motifs is 1. The topological polar surface area (TPSA) is 35.0 Å². The Morgan fingerprint density at radius 3 is 2.39 bits per heavy atom. The predicted octanol–water partition coefficient (Wildman–Crippen LogP) is 5.23. The molecule has 2 aromatic heterocycles. The van der Waals surface area contributed by atoms with Crippen molar-refractivity contribution in [3.05, 3.63) is 59.3 Å². The summed E-state index contributed by atoms with van der Waals surface area (Å²) in [7, 11) is 0. The van der Waals surface area contributed by atoms with Gasteiger partial charge in [-0.1, -0.05) is 11.6 Å². The second-order valence-corrected chi connectivity index (χ2v) is 4.91. The average molecular weight is 343 g/mol. The Bertz CT molecular complexity index is 878. The summed E-state index contributed by atoms with van der Waals surface area (Å²) in [6, 6.07) is 5.36. The predicted molar refractivity (Wildman–Crippen MR) is 76.0 cm³/mol. The number of ether oxygens (including phenoxy) is 1. The number of hydrogen-bond donors (Lipinski definition) is 0. The number of nitrogens with zero attached hydrogens (tertiary/aromatic N) is 2. The van der Waals surface area contributed by atoms with Gasteiger partial charge in [-0.3, -0.25) is 0 Å². The summed E-state index contributed by atoms with van der Waals surface area (Å²) in [6.45, 7) is 0. The van der Waals surface area contributed by atoms with Gasteiger partial charge in [-0.2, -0.15) is 13.2 Å². The highest BCUT2D eigenvalue weighted by Crippen LogP contribution is 2.40. The Morgan fingerprint density at radius 2 is 1.70 bits per heavy atom. The van der Waals surface area contributed by atoms with Gasteiger partial charge in [0, 0.05) is 12.4 Å². The zero-order chi connectivity index (χ0) is 16.6. The number of alkyl halides is 3. The molecule has 118 valence electrons.